The topological polar surface area (TPSA) is 58.1 Å². The highest BCUT2D eigenvalue weighted by Crippen LogP contribution is 2.29. The Morgan fingerprint density at radius 1 is 1.17 bits per heavy atom. The number of nitrogens with one attached hydrogen (secondary N) is 2. The van der Waals surface area contributed by atoms with Gasteiger partial charge < -0.3 is 20.1 Å². The predicted molar refractivity (Wildman–Crippen MR) is 128 cm³/mol. The molecule has 0 unspecified atom stereocenters. The molecule has 2 N–H and O–H groups in total. The molecule has 0 saturated carbocycles. The Morgan fingerprint density at radius 2 is 1.87 bits per heavy atom. The number of ether oxygens (including phenoxy) is 2. The molecular formula is C21H35F2IN4O2. The standard InChI is InChI=1S/C21H34F2N4O2.HI/c1-21(2,27-12-6-5-7-13-27)15-26-20(24-3)25-11-10-16-8-9-17(28-4)18(14-16)29-19(22)23;/h8-9,14,19H,5-7,10-13,15H2,1-4H3,(H2,24,25,26);1H. The van der Waals surface area contributed by atoms with Gasteiger partial charge in [0.05, 0.1) is 7.11 Å². The number of halogens is 3. The minimum Gasteiger partial charge on any atom is -0.493 e. The van der Waals surface area contributed by atoms with Gasteiger partial charge in [-0.15, -0.1) is 24.0 Å². The van der Waals surface area contributed by atoms with Crippen molar-refractivity contribution in [2.75, 3.05) is 40.3 Å². The molecule has 1 fully saturated rings. The lowest BCUT2D eigenvalue weighted by atomic mass is 9.98. The van der Waals surface area contributed by atoms with Gasteiger partial charge in [0.2, 0.25) is 0 Å². The molecule has 6 nitrogen and oxygen atoms in total. The third kappa shape index (κ3) is 8.41. The average Bonchev–Trinajstić information content (AvgIpc) is 2.71. The smallest absolute Gasteiger partial charge is 0.387 e. The number of hydrogen-bond acceptors (Lipinski definition) is 4. The molecule has 1 aromatic carbocycles. The van der Waals surface area contributed by atoms with Crippen molar-refractivity contribution in [1.29, 1.82) is 0 Å². The number of aliphatic imine (C=N–C) groups is 1. The van der Waals surface area contributed by atoms with E-state index >= 15 is 0 Å². The minimum atomic E-state index is -2.89. The maximum Gasteiger partial charge on any atom is 0.387 e. The number of nitrogens with zero attached hydrogens (tertiary/aromatic N) is 2. The largest absolute Gasteiger partial charge is 0.493 e. The van der Waals surface area contributed by atoms with Gasteiger partial charge in [-0.3, -0.25) is 9.89 Å². The van der Waals surface area contributed by atoms with Crippen LogP contribution < -0.4 is 20.1 Å². The number of guanidine groups is 1. The monoisotopic (exact) mass is 540 g/mol. The van der Waals surface area contributed by atoms with Gasteiger partial charge >= 0.3 is 6.61 Å². The minimum absolute atomic E-state index is 0. The molecule has 1 aromatic rings. The number of benzene rings is 1. The summed E-state index contributed by atoms with van der Waals surface area (Å²) >= 11 is 0. The molecule has 1 aliphatic rings. The summed E-state index contributed by atoms with van der Waals surface area (Å²) in [6.07, 6.45) is 4.48. The lowest BCUT2D eigenvalue weighted by Crippen LogP contribution is -2.55. The number of alkyl halides is 2. The fraction of sp³-hybridized carbons (Fsp3) is 0.667. The Balaban J connectivity index is 0.00000450. The zero-order chi connectivity index (χ0) is 21.3. The molecule has 0 spiro atoms. The Labute approximate surface area is 195 Å². The first-order chi connectivity index (χ1) is 13.9. The summed E-state index contributed by atoms with van der Waals surface area (Å²) < 4.78 is 34.7. The second-order valence-electron chi connectivity index (χ2n) is 7.83. The molecule has 0 radical (unpaired) electrons. The molecule has 172 valence electrons. The van der Waals surface area contributed by atoms with E-state index < -0.39 is 6.61 Å². The normalized spacial score (nSPS) is 15.5. The van der Waals surface area contributed by atoms with E-state index in [-0.39, 0.29) is 35.3 Å². The molecule has 2 rings (SSSR count). The number of methoxy groups -OCH3 is 1. The summed E-state index contributed by atoms with van der Waals surface area (Å²) in [6.45, 7) is 5.30. The Kier molecular flexibility index (Phi) is 11.7. The number of likely N-dealkylation sites (tertiary alicyclic amines) is 1. The van der Waals surface area contributed by atoms with E-state index in [1.165, 1.54) is 26.4 Å². The third-order valence-corrected chi connectivity index (χ3v) is 5.27. The Morgan fingerprint density at radius 3 is 2.47 bits per heavy atom. The quantitative estimate of drug-likeness (QED) is 0.283. The van der Waals surface area contributed by atoms with Gasteiger partial charge in [0.25, 0.3) is 0 Å². The molecule has 9 heteroatoms. The Bertz CT molecular complexity index is 668. The van der Waals surface area contributed by atoms with E-state index in [4.69, 9.17) is 4.74 Å². The molecule has 0 aliphatic carbocycles. The molecule has 30 heavy (non-hydrogen) atoms. The summed E-state index contributed by atoms with van der Waals surface area (Å²) in [7, 11) is 3.17. The molecular weight excluding hydrogens is 505 g/mol. The predicted octanol–water partition coefficient (Wildman–Crippen LogP) is 3.89. The fourth-order valence-electron chi connectivity index (χ4n) is 3.52. The molecule has 1 heterocycles. The van der Waals surface area contributed by atoms with E-state index in [0.29, 0.717) is 18.7 Å². The highest BCUT2D eigenvalue weighted by molar-refractivity contribution is 14.0. The van der Waals surface area contributed by atoms with Crippen LogP contribution >= 0.6 is 24.0 Å². The van der Waals surface area contributed by atoms with Gasteiger partial charge in [0.1, 0.15) is 0 Å². The van der Waals surface area contributed by atoms with E-state index in [9.17, 15) is 8.78 Å². The highest BCUT2D eigenvalue weighted by Gasteiger charge is 2.27. The summed E-state index contributed by atoms with van der Waals surface area (Å²) in [5.41, 5.74) is 0.924. The van der Waals surface area contributed by atoms with Gasteiger partial charge in [-0.05, 0) is 63.9 Å². The second kappa shape index (κ2) is 13.1. The van der Waals surface area contributed by atoms with Crippen LogP contribution in [0.5, 0.6) is 11.5 Å². The van der Waals surface area contributed by atoms with Crippen LogP contribution in [0.1, 0.15) is 38.7 Å². The van der Waals surface area contributed by atoms with Gasteiger partial charge in [-0.1, -0.05) is 12.5 Å². The zero-order valence-corrected chi connectivity index (χ0v) is 20.7. The second-order valence-corrected chi connectivity index (χ2v) is 7.83. The summed E-state index contributed by atoms with van der Waals surface area (Å²) in [6, 6.07) is 5.07. The summed E-state index contributed by atoms with van der Waals surface area (Å²) in [5.74, 6) is 1.07. The summed E-state index contributed by atoms with van der Waals surface area (Å²) in [5, 5.41) is 6.68. The van der Waals surface area contributed by atoms with Crippen molar-refractivity contribution >= 4 is 29.9 Å². The van der Waals surface area contributed by atoms with Crippen molar-refractivity contribution in [2.45, 2.75) is 51.7 Å². The van der Waals surface area contributed by atoms with Crippen LogP contribution in [0.2, 0.25) is 0 Å². The summed E-state index contributed by atoms with van der Waals surface area (Å²) in [4.78, 5) is 6.81. The van der Waals surface area contributed by atoms with Crippen molar-refractivity contribution in [3.63, 3.8) is 0 Å². The van der Waals surface area contributed by atoms with Crippen LogP contribution in [-0.2, 0) is 6.42 Å². The van der Waals surface area contributed by atoms with Crippen molar-refractivity contribution in [2.24, 2.45) is 4.99 Å². The van der Waals surface area contributed by atoms with Gasteiger partial charge in [0.15, 0.2) is 17.5 Å². The van der Waals surface area contributed by atoms with Crippen molar-refractivity contribution in [3.8, 4) is 11.5 Å². The number of hydrogen-bond donors (Lipinski definition) is 2. The van der Waals surface area contributed by atoms with Crippen LogP contribution in [0.4, 0.5) is 8.78 Å². The van der Waals surface area contributed by atoms with Crippen LogP contribution in [0.25, 0.3) is 0 Å². The van der Waals surface area contributed by atoms with Gasteiger partial charge in [-0.25, -0.2) is 0 Å². The van der Waals surface area contributed by atoms with E-state index in [1.54, 1.807) is 19.2 Å². The van der Waals surface area contributed by atoms with Gasteiger partial charge in [-0.2, -0.15) is 8.78 Å². The lowest BCUT2D eigenvalue weighted by Gasteiger charge is -2.41. The van der Waals surface area contributed by atoms with Crippen LogP contribution in [-0.4, -0.2) is 63.3 Å². The van der Waals surface area contributed by atoms with Crippen LogP contribution in [0, 0.1) is 0 Å². The lowest BCUT2D eigenvalue weighted by molar-refractivity contribution is -0.0512. The highest BCUT2D eigenvalue weighted by atomic mass is 127. The van der Waals surface area contributed by atoms with Crippen molar-refractivity contribution < 1.29 is 18.3 Å². The maximum atomic E-state index is 12.6. The first-order valence-corrected chi connectivity index (χ1v) is 10.2. The number of piperidine rings is 1. The van der Waals surface area contributed by atoms with E-state index in [0.717, 1.165) is 31.2 Å². The molecule has 0 amide bonds. The molecule has 1 saturated heterocycles. The van der Waals surface area contributed by atoms with Crippen molar-refractivity contribution in [1.82, 2.24) is 15.5 Å². The fourth-order valence-corrected chi connectivity index (χ4v) is 3.52. The van der Waals surface area contributed by atoms with Crippen LogP contribution in [0.15, 0.2) is 23.2 Å². The van der Waals surface area contributed by atoms with Crippen molar-refractivity contribution in [3.05, 3.63) is 23.8 Å². The molecule has 0 bridgehead atoms. The van der Waals surface area contributed by atoms with E-state index in [1.807, 2.05) is 6.07 Å². The third-order valence-electron chi connectivity index (χ3n) is 5.27. The molecule has 1 aliphatic heterocycles. The first kappa shape index (κ1) is 26.7. The van der Waals surface area contributed by atoms with Gasteiger partial charge in [0, 0.05) is 25.7 Å². The molecule has 0 aromatic heterocycles. The zero-order valence-electron chi connectivity index (χ0n) is 18.3. The SMILES string of the molecule is CN=C(NCCc1ccc(OC)c(OC(F)F)c1)NCC(C)(C)N1CCCCC1.I. The van der Waals surface area contributed by atoms with E-state index in [2.05, 4.69) is 39.1 Å². The molecule has 0 atom stereocenters. The maximum absolute atomic E-state index is 12.6. The average molecular weight is 540 g/mol. The van der Waals surface area contributed by atoms with Crippen LogP contribution in [0.3, 0.4) is 0 Å². The Hall–Kier alpha value is -1.36. The number of rotatable bonds is 9. The first-order valence-electron chi connectivity index (χ1n) is 10.2.